The van der Waals surface area contributed by atoms with E-state index in [-0.39, 0.29) is 12.3 Å². The number of nitrogens with zero attached hydrogens (tertiary/aromatic N) is 3. The second-order valence-electron chi connectivity index (χ2n) is 5.41. The van der Waals surface area contributed by atoms with Crippen molar-refractivity contribution in [2.45, 2.75) is 25.1 Å². The Morgan fingerprint density at radius 1 is 1.16 bits per heavy atom. The first-order valence-corrected chi connectivity index (χ1v) is 6.88. The Balaban J connectivity index is 1.76. The molecule has 0 bridgehead atoms. The molecule has 0 aliphatic carbocycles. The van der Waals surface area contributed by atoms with Gasteiger partial charge in [-0.05, 0) is 18.4 Å². The lowest BCUT2D eigenvalue weighted by Gasteiger charge is -2.35. The average Bonchev–Trinajstić information content (AvgIpc) is 3.00. The van der Waals surface area contributed by atoms with Gasteiger partial charge in [0.1, 0.15) is 6.17 Å². The van der Waals surface area contributed by atoms with E-state index in [1.165, 1.54) is 16.8 Å². The van der Waals surface area contributed by atoms with E-state index in [0.29, 0.717) is 0 Å². The number of benzene rings is 1. The van der Waals surface area contributed by atoms with Gasteiger partial charge in [0.2, 0.25) is 0 Å². The van der Waals surface area contributed by atoms with Gasteiger partial charge in [-0.1, -0.05) is 24.3 Å². The minimum Gasteiger partial charge on any atom is -0.393 e. The Bertz CT molecular complexity index is 599. The molecule has 4 heteroatoms. The van der Waals surface area contributed by atoms with E-state index in [4.69, 9.17) is 0 Å². The molecule has 2 aliphatic rings. The molecule has 3 heterocycles. The second-order valence-corrected chi connectivity index (χ2v) is 5.41. The number of aliphatic hydroxyl groups excluding tert-OH is 1. The number of likely N-dealkylation sites (tertiary alicyclic amines) is 1. The van der Waals surface area contributed by atoms with Gasteiger partial charge in [0, 0.05) is 18.7 Å². The van der Waals surface area contributed by atoms with Crippen molar-refractivity contribution in [2.75, 3.05) is 13.1 Å². The van der Waals surface area contributed by atoms with Gasteiger partial charge in [-0.3, -0.25) is 4.90 Å². The fourth-order valence-corrected chi connectivity index (χ4v) is 3.32. The Morgan fingerprint density at radius 3 is 2.79 bits per heavy atom. The SMILES string of the molecule is OC1CCN([C@@H]2c3ccccc3-c3cncn32)CC1. The first kappa shape index (κ1) is 11.2. The zero-order chi connectivity index (χ0) is 12.8. The Labute approximate surface area is 112 Å². The largest absolute Gasteiger partial charge is 0.393 e. The molecule has 4 nitrogen and oxygen atoms in total. The van der Waals surface area contributed by atoms with Crippen molar-refractivity contribution in [1.29, 1.82) is 0 Å². The van der Waals surface area contributed by atoms with Crippen LogP contribution < -0.4 is 0 Å². The van der Waals surface area contributed by atoms with Crippen LogP contribution in [0.2, 0.25) is 0 Å². The number of aliphatic hydroxyl groups is 1. The first-order valence-electron chi connectivity index (χ1n) is 6.88. The monoisotopic (exact) mass is 255 g/mol. The number of imidazole rings is 1. The van der Waals surface area contributed by atoms with Gasteiger partial charge in [-0.25, -0.2) is 4.98 Å². The highest BCUT2D eigenvalue weighted by Crippen LogP contribution is 2.41. The Kier molecular flexibility index (Phi) is 2.47. The maximum atomic E-state index is 9.67. The number of piperidine rings is 1. The highest BCUT2D eigenvalue weighted by Gasteiger charge is 2.34. The van der Waals surface area contributed by atoms with Gasteiger partial charge in [0.15, 0.2) is 0 Å². The standard InChI is InChI=1S/C15H17N3O/c19-11-5-7-17(8-6-11)15-13-4-2-1-3-12(13)14-9-16-10-18(14)15/h1-4,9-11,15,19H,5-8H2/t15-/m0/s1. The van der Waals surface area contributed by atoms with Gasteiger partial charge in [-0.15, -0.1) is 0 Å². The summed E-state index contributed by atoms with van der Waals surface area (Å²) < 4.78 is 2.25. The fraction of sp³-hybridized carbons (Fsp3) is 0.400. The Hall–Kier alpha value is -1.65. The van der Waals surface area contributed by atoms with Crippen LogP contribution in [0.25, 0.3) is 11.3 Å². The molecule has 19 heavy (non-hydrogen) atoms. The first-order chi connectivity index (χ1) is 9.34. The van der Waals surface area contributed by atoms with Crippen molar-refractivity contribution in [2.24, 2.45) is 0 Å². The molecule has 0 unspecified atom stereocenters. The zero-order valence-corrected chi connectivity index (χ0v) is 10.7. The summed E-state index contributed by atoms with van der Waals surface area (Å²) in [6, 6.07) is 8.56. The van der Waals surface area contributed by atoms with Crippen molar-refractivity contribution in [3.05, 3.63) is 42.4 Å². The molecule has 1 aromatic heterocycles. The summed E-state index contributed by atoms with van der Waals surface area (Å²) in [5.41, 5.74) is 3.85. The third-order valence-corrected chi connectivity index (χ3v) is 4.29. The summed E-state index contributed by atoms with van der Waals surface area (Å²) in [5.74, 6) is 0. The van der Waals surface area contributed by atoms with E-state index in [0.717, 1.165) is 25.9 Å². The van der Waals surface area contributed by atoms with Crippen molar-refractivity contribution >= 4 is 0 Å². The van der Waals surface area contributed by atoms with Crippen LogP contribution in [0.3, 0.4) is 0 Å². The third kappa shape index (κ3) is 1.64. The molecule has 1 aromatic carbocycles. The van der Waals surface area contributed by atoms with Crippen LogP contribution in [0.5, 0.6) is 0 Å². The molecular formula is C15H17N3O. The quantitative estimate of drug-likeness (QED) is 0.845. The molecule has 1 saturated heterocycles. The van der Waals surface area contributed by atoms with Crippen LogP contribution >= 0.6 is 0 Å². The van der Waals surface area contributed by atoms with E-state index in [2.05, 4.69) is 38.7 Å². The summed E-state index contributed by atoms with van der Waals surface area (Å²) >= 11 is 0. The van der Waals surface area contributed by atoms with Crippen molar-refractivity contribution in [3.63, 3.8) is 0 Å². The summed E-state index contributed by atoms with van der Waals surface area (Å²) in [7, 11) is 0. The van der Waals surface area contributed by atoms with Gasteiger partial charge in [0.05, 0.1) is 24.3 Å². The van der Waals surface area contributed by atoms with Gasteiger partial charge in [-0.2, -0.15) is 0 Å². The molecule has 98 valence electrons. The minimum atomic E-state index is -0.129. The lowest BCUT2D eigenvalue weighted by atomic mass is 10.0. The Morgan fingerprint density at radius 2 is 1.95 bits per heavy atom. The normalized spacial score (nSPS) is 23.3. The van der Waals surface area contributed by atoms with E-state index in [1.807, 2.05) is 12.5 Å². The van der Waals surface area contributed by atoms with Crippen molar-refractivity contribution < 1.29 is 5.11 Å². The van der Waals surface area contributed by atoms with Crippen LogP contribution in [-0.2, 0) is 0 Å². The lowest BCUT2D eigenvalue weighted by Crippen LogP contribution is -2.40. The smallest absolute Gasteiger partial charge is 0.115 e. The fourth-order valence-electron chi connectivity index (χ4n) is 3.32. The molecule has 1 N–H and O–H groups in total. The highest BCUT2D eigenvalue weighted by molar-refractivity contribution is 5.68. The number of aromatic nitrogens is 2. The number of fused-ring (bicyclic) bond motifs is 3. The minimum absolute atomic E-state index is 0.129. The maximum absolute atomic E-state index is 9.67. The van der Waals surface area contributed by atoms with E-state index in [1.54, 1.807) is 0 Å². The average molecular weight is 255 g/mol. The van der Waals surface area contributed by atoms with Crippen LogP contribution in [0.15, 0.2) is 36.8 Å². The van der Waals surface area contributed by atoms with Crippen LogP contribution in [-0.4, -0.2) is 38.8 Å². The van der Waals surface area contributed by atoms with Crippen LogP contribution in [0.1, 0.15) is 24.6 Å². The predicted molar refractivity (Wildman–Crippen MR) is 72.6 cm³/mol. The number of hydrogen-bond donors (Lipinski definition) is 1. The van der Waals surface area contributed by atoms with Gasteiger partial charge in [0.25, 0.3) is 0 Å². The molecular weight excluding hydrogens is 238 g/mol. The summed E-state index contributed by atoms with van der Waals surface area (Å²) in [6.07, 6.45) is 5.71. The molecule has 2 aliphatic heterocycles. The molecule has 0 radical (unpaired) electrons. The van der Waals surface area contributed by atoms with Crippen molar-refractivity contribution in [1.82, 2.24) is 14.5 Å². The van der Waals surface area contributed by atoms with E-state index < -0.39 is 0 Å². The zero-order valence-electron chi connectivity index (χ0n) is 10.7. The van der Waals surface area contributed by atoms with Crippen molar-refractivity contribution in [3.8, 4) is 11.3 Å². The molecule has 1 fully saturated rings. The second kappa shape index (κ2) is 4.18. The molecule has 0 spiro atoms. The lowest BCUT2D eigenvalue weighted by molar-refractivity contribution is 0.0546. The number of hydrogen-bond acceptors (Lipinski definition) is 3. The van der Waals surface area contributed by atoms with E-state index in [9.17, 15) is 5.11 Å². The molecule has 0 amide bonds. The molecule has 0 saturated carbocycles. The third-order valence-electron chi connectivity index (χ3n) is 4.29. The summed E-state index contributed by atoms with van der Waals surface area (Å²) in [4.78, 5) is 6.74. The van der Waals surface area contributed by atoms with Gasteiger partial charge < -0.3 is 9.67 Å². The highest BCUT2D eigenvalue weighted by atomic mass is 16.3. The molecule has 2 aromatic rings. The van der Waals surface area contributed by atoms with E-state index >= 15 is 0 Å². The van der Waals surface area contributed by atoms with Gasteiger partial charge >= 0.3 is 0 Å². The summed E-state index contributed by atoms with van der Waals surface area (Å²) in [6.45, 7) is 1.88. The number of rotatable bonds is 1. The molecule has 4 rings (SSSR count). The predicted octanol–water partition coefficient (Wildman–Crippen LogP) is 1.87. The van der Waals surface area contributed by atoms with Crippen LogP contribution in [0.4, 0.5) is 0 Å². The summed E-state index contributed by atoms with van der Waals surface area (Å²) in [5, 5.41) is 9.67. The van der Waals surface area contributed by atoms with Crippen LogP contribution in [0, 0.1) is 0 Å². The topological polar surface area (TPSA) is 41.3 Å². The molecule has 1 atom stereocenters. The maximum Gasteiger partial charge on any atom is 0.115 e.